The van der Waals surface area contributed by atoms with Crippen molar-refractivity contribution in [2.45, 2.75) is 38.3 Å². The quantitative estimate of drug-likeness (QED) is 0.190. The number of halogens is 1. The monoisotopic (exact) mass is 615 g/mol. The number of nitrogens with two attached hydrogens (primary N) is 1. The Morgan fingerprint density at radius 3 is 2.51 bits per heavy atom. The summed E-state index contributed by atoms with van der Waals surface area (Å²) in [7, 11) is 0. The van der Waals surface area contributed by atoms with Crippen molar-refractivity contribution in [3.63, 3.8) is 0 Å². The van der Waals surface area contributed by atoms with Gasteiger partial charge in [0.05, 0.1) is 17.5 Å². The number of anilines is 1. The maximum absolute atomic E-state index is 13.1. The highest BCUT2D eigenvalue weighted by atomic mass is 19.1. The van der Waals surface area contributed by atoms with Crippen LogP contribution in [-0.4, -0.2) is 60.9 Å². The summed E-state index contributed by atoms with van der Waals surface area (Å²) in [5, 5.41) is 6.24. The summed E-state index contributed by atoms with van der Waals surface area (Å²) < 4.78 is 37.7. The Morgan fingerprint density at radius 2 is 1.76 bits per heavy atom. The molecule has 2 aliphatic rings. The molecule has 0 atom stereocenters. The number of carbonyl (C=O) groups is 1. The van der Waals surface area contributed by atoms with Crippen LogP contribution in [0.15, 0.2) is 66.9 Å². The van der Waals surface area contributed by atoms with E-state index < -0.39 is 0 Å². The maximum atomic E-state index is 13.1. The molecule has 6 rings (SSSR count). The summed E-state index contributed by atoms with van der Waals surface area (Å²) in [6.07, 6.45) is 4.57. The number of nitrogens with zero attached hydrogens (tertiary/aromatic N) is 2. The van der Waals surface area contributed by atoms with Crippen molar-refractivity contribution in [1.29, 1.82) is 0 Å². The van der Waals surface area contributed by atoms with E-state index >= 15 is 0 Å². The van der Waals surface area contributed by atoms with Crippen LogP contribution in [0.25, 0.3) is 10.9 Å². The van der Waals surface area contributed by atoms with Crippen molar-refractivity contribution < 1.29 is 28.1 Å². The molecule has 2 aliphatic heterocycles. The molecule has 45 heavy (non-hydrogen) atoms. The molecule has 10 nitrogen and oxygen atoms in total. The maximum Gasteiger partial charge on any atom is 0.319 e. The van der Waals surface area contributed by atoms with Gasteiger partial charge < -0.3 is 40.2 Å². The molecule has 3 heterocycles. The predicted molar refractivity (Wildman–Crippen MR) is 170 cm³/mol. The third-order valence-corrected chi connectivity index (χ3v) is 8.02. The second kappa shape index (κ2) is 13.6. The fourth-order valence-corrected chi connectivity index (χ4v) is 5.42. The molecule has 1 saturated heterocycles. The fourth-order valence-electron chi connectivity index (χ4n) is 5.42. The molecule has 3 aromatic carbocycles. The number of rotatable bonds is 10. The molecular formula is C34H38FN5O5. The van der Waals surface area contributed by atoms with E-state index in [9.17, 15) is 9.18 Å². The van der Waals surface area contributed by atoms with Gasteiger partial charge in [-0.3, -0.25) is 4.98 Å². The van der Waals surface area contributed by atoms with Gasteiger partial charge in [-0.25, -0.2) is 9.18 Å². The van der Waals surface area contributed by atoms with E-state index in [0.29, 0.717) is 65.2 Å². The molecule has 0 aliphatic carbocycles. The lowest BCUT2D eigenvalue weighted by Gasteiger charge is -2.36. The van der Waals surface area contributed by atoms with Gasteiger partial charge in [0, 0.05) is 36.6 Å². The van der Waals surface area contributed by atoms with E-state index in [-0.39, 0.29) is 23.9 Å². The number of nitrogens with one attached hydrogen (secondary N) is 2. The lowest BCUT2D eigenvalue weighted by molar-refractivity contribution is 0.152. The van der Waals surface area contributed by atoms with Crippen molar-refractivity contribution in [3.8, 4) is 28.7 Å². The average molecular weight is 616 g/mol. The molecule has 0 unspecified atom stereocenters. The Kier molecular flexibility index (Phi) is 9.18. The van der Waals surface area contributed by atoms with Crippen molar-refractivity contribution in [3.05, 3.63) is 78.2 Å². The molecule has 0 spiro atoms. The highest BCUT2D eigenvalue weighted by Gasteiger charge is 2.26. The molecule has 4 aromatic rings. The van der Waals surface area contributed by atoms with Gasteiger partial charge in [0.15, 0.2) is 11.5 Å². The van der Waals surface area contributed by atoms with Gasteiger partial charge in [0.1, 0.15) is 30.5 Å². The second-order valence-electron chi connectivity index (χ2n) is 11.7. The van der Waals surface area contributed by atoms with Gasteiger partial charge in [-0.1, -0.05) is 12.1 Å². The zero-order chi connectivity index (χ0) is 31.2. The van der Waals surface area contributed by atoms with E-state index in [4.69, 9.17) is 24.7 Å². The van der Waals surface area contributed by atoms with Crippen LogP contribution in [0.5, 0.6) is 28.7 Å². The molecular weight excluding hydrogens is 577 g/mol. The SMILES string of the molecule is CC1(N)CCN(CCCOc2cc3nccc(Oc4ccc(NC(=O)NCc5ccc(F)cc5)cc4)c3c3c2OCCO3)CC1. The Balaban J connectivity index is 1.09. The first-order chi connectivity index (χ1) is 21.8. The normalized spacial score (nSPS) is 15.8. The fraction of sp³-hybridized carbons (Fsp3) is 0.353. The number of fused-ring (bicyclic) bond motifs is 3. The van der Waals surface area contributed by atoms with Gasteiger partial charge >= 0.3 is 6.03 Å². The zero-order valence-electron chi connectivity index (χ0n) is 25.3. The van der Waals surface area contributed by atoms with E-state index in [1.807, 2.05) is 6.07 Å². The zero-order valence-corrected chi connectivity index (χ0v) is 25.3. The predicted octanol–water partition coefficient (Wildman–Crippen LogP) is 5.84. The van der Waals surface area contributed by atoms with Gasteiger partial charge in [-0.05, 0) is 87.3 Å². The highest BCUT2D eigenvalue weighted by Crippen LogP contribution is 2.48. The summed E-state index contributed by atoms with van der Waals surface area (Å²) in [6.45, 7) is 6.73. The molecule has 0 bridgehead atoms. The Labute approximate surface area is 261 Å². The van der Waals surface area contributed by atoms with E-state index in [0.717, 1.165) is 44.5 Å². The van der Waals surface area contributed by atoms with E-state index in [1.54, 1.807) is 48.7 Å². The first kappa shape index (κ1) is 30.4. The molecule has 2 amide bonds. The van der Waals surface area contributed by atoms with Crippen LogP contribution in [0.1, 0.15) is 31.7 Å². The summed E-state index contributed by atoms with van der Waals surface area (Å²) in [6, 6.07) is 16.3. The lowest BCUT2D eigenvalue weighted by Crippen LogP contribution is -2.48. The number of likely N-dealkylation sites (tertiary alicyclic amines) is 1. The Hall–Kier alpha value is -4.61. The first-order valence-corrected chi connectivity index (χ1v) is 15.3. The van der Waals surface area contributed by atoms with Gasteiger partial charge in [-0.15, -0.1) is 0 Å². The summed E-state index contributed by atoms with van der Waals surface area (Å²) in [5.41, 5.74) is 8.26. The van der Waals surface area contributed by atoms with Crippen LogP contribution >= 0.6 is 0 Å². The van der Waals surface area contributed by atoms with Crippen LogP contribution in [0.3, 0.4) is 0 Å². The van der Waals surface area contributed by atoms with Gasteiger partial charge in [0.2, 0.25) is 5.75 Å². The highest BCUT2D eigenvalue weighted by molar-refractivity contribution is 5.95. The molecule has 4 N–H and O–H groups in total. The van der Waals surface area contributed by atoms with Gasteiger partial charge in [-0.2, -0.15) is 0 Å². The standard InChI is InChI=1S/C34H38FN5O5/c1-34(36)12-16-40(17-13-34)15-2-18-42-29-21-27-30(32-31(29)43-19-20-44-32)28(11-14-37-27)45-26-9-7-25(8-10-26)39-33(41)38-22-23-3-5-24(35)6-4-23/h3-11,14,21H,2,12-13,15-20,22,36H2,1H3,(H2,38,39,41). The minimum Gasteiger partial charge on any atom is -0.489 e. The van der Waals surface area contributed by atoms with E-state index in [2.05, 4.69) is 27.4 Å². The van der Waals surface area contributed by atoms with Crippen molar-refractivity contribution >= 4 is 22.6 Å². The second-order valence-corrected chi connectivity index (χ2v) is 11.7. The molecule has 0 radical (unpaired) electrons. The van der Waals surface area contributed by atoms with Crippen LogP contribution < -0.4 is 35.3 Å². The number of hydrogen-bond acceptors (Lipinski definition) is 8. The number of hydrogen-bond donors (Lipinski definition) is 3. The largest absolute Gasteiger partial charge is 0.489 e. The van der Waals surface area contributed by atoms with Crippen LogP contribution in [-0.2, 0) is 6.54 Å². The number of benzene rings is 3. The van der Waals surface area contributed by atoms with Crippen molar-refractivity contribution in [2.75, 3.05) is 44.8 Å². The number of ether oxygens (including phenoxy) is 4. The van der Waals surface area contributed by atoms with Gasteiger partial charge in [0.25, 0.3) is 0 Å². The summed E-state index contributed by atoms with van der Waals surface area (Å²) >= 11 is 0. The summed E-state index contributed by atoms with van der Waals surface area (Å²) in [4.78, 5) is 19.3. The first-order valence-electron chi connectivity index (χ1n) is 15.3. The molecule has 1 aromatic heterocycles. The molecule has 11 heteroatoms. The minimum atomic E-state index is -0.374. The van der Waals surface area contributed by atoms with Crippen molar-refractivity contribution in [2.24, 2.45) is 5.73 Å². The Morgan fingerprint density at radius 1 is 1.02 bits per heavy atom. The number of amides is 2. The van der Waals surface area contributed by atoms with Crippen LogP contribution in [0, 0.1) is 5.82 Å². The molecule has 236 valence electrons. The third-order valence-electron chi connectivity index (χ3n) is 8.02. The van der Waals surface area contributed by atoms with Crippen LogP contribution in [0.2, 0.25) is 0 Å². The third kappa shape index (κ3) is 7.73. The Bertz CT molecular complexity index is 1620. The molecule has 1 fully saturated rings. The number of aromatic nitrogens is 1. The number of piperidine rings is 1. The minimum absolute atomic E-state index is 0.0588. The summed E-state index contributed by atoms with van der Waals surface area (Å²) in [5.74, 6) is 2.51. The van der Waals surface area contributed by atoms with Crippen LogP contribution in [0.4, 0.5) is 14.9 Å². The number of urea groups is 1. The lowest BCUT2D eigenvalue weighted by atomic mass is 9.91. The van der Waals surface area contributed by atoms with Crippen molar-refractivity contribution in [1.82, 2.24) is 15.2 Å². The molecule has 0 saturated carbocycles. The number of pyridine rings is 1. The topological polar surface area (TPSA) is 120 Å². The average Bonchev–Trinajstić information content (AvgIpc) is 3.04. The smallest absolute Gasteiger partial charge is 0.319 e. The number of carbonyl (C=O) groups excluding carboxylic acids is 1. The van der Waals surface area contributed by atoms with E-state index in [1.165, 1.54) is 12.1 Å².